The minimum atomic E-state index is -0.519. The molecule has 0 saturated heterocycles. The molecule has 1 aromatic carbocycles. The van der Waals surface area contributed by atoms with Crippen molar-refractivity contribution in [3.8, 4) is 17.3 Å². The van der Waals surface area contributed by atoms with Crippen LogP contribution in [0.4, 0.5) is 5.69 Å². The average molecular weight is 412 g/mol. The van der Waals surface area contributed by atoms with E-state index < -0.39 is 10.9 Å². The van der Waals surface area contributed by atoms with Crippen molar-refractivity contribution < 1.29 is 28.5 Å². The first-order valence-corrected chi connectivity index (χ1v) is 9.00. The number of non-ortho nitro benzene ring substituents is 1. The molecule has 0 N–H and O–H groups in total. The fraction of sp³-hybridized carbons (Fsp3) is 0.263. The van der Waals surface area contributed by atoms with Crippen molar-refractivity contribution in [2.45, 2.75) is 26.1 Å². The summed E-state index contributed by atoms with van der Waals surface area (Å²) in [5.74, 6) is 0.541. The molecular weight excluding hydrogens is 396 g/mol. The molecule has 0 radical (unpaired) electrons. The van der Waals surface area contributed by atoms with E-state index in [9.17, 15) is 14.9 Å². The topological polar surface area (TPSA) is 140 Å². The number of pyridine rings is 1. The number of carbonyl (C=O) groups is 1. The van der Waals surface area contributed by atoms with Gasteiger partial charge in [-0.1, -0.05) is 11.2 Å². The largest absolute Gasteiger partial charge is 0.467 e. The van der Waals surface area contributed by atoms with Crippen molar-refractivity contribution in [2.75, 3.05) is 6.79 Å². The molecule has 1 aliphatic rings. The van der Waals surface area contributed by atoms with Crippen LogP contribution in [0.25, 0.3) is 11.5 Å². The van der Waals surface area contributed by atoms with Gasteiger partial charge in [0, 0.05) is 35.9 Å². The third-order valence-corrected chi connectivity index (χ3v) is 4.28. The summed E-state index contributed by atoms with van der Waals surface area (Å²) in [4.78, 5) is 31.1. The zero-order valence-corrected chi connectivity index (χ0v) is 15.6. The summed E-state index contributed by atoms with van der Waals surface area (Å²) >= 11 is 0. The van der Waals surface area contributed by atoms with E-state index in [1.807, 2.05) is 0 Å². The van der Waals surface area contributed by atoms with Gasteiger partial charge >= 0.3 is 5.97 Å². The van der Waals surface area contributed by atoms with Crippen LogP contribution < -0.4 is 4.74 Å². The van der Waals surface area contributed by atoms with Gasteiger partial charge in [-0.05, 0) is 12.1 Å². The molecule has 1 aliphatic heterocycles. The summed E-state index contributed by atoms with van der Waals surface area (Å²) in [6, 6.07) is 8.04. The Kier molecular flexibility index (Phi) is 5.61. The summed E-state index contributed by atoms with van der Waals surface area (Å²) in [5, 5.41) is 15.0. The number of aromatic nitrogens is 3. The minimum absolute atomic E-state index is 0.00490. The Morgan fingerprint density at radius 1 is 1.30 bits per heavy atom. The van der Waals surface area contributed by atoms with Gasteiger partial charge in [-0.2, -0.15) is 4.98 Å². The summed E-state index contributed by atoms with van der Waals surface area (Å²) in [6.07, 6.45) is 1.81. The average Bonchev–Trinajstić information content (AvgIpc) is 3.25. The molecular formula is C19H16N4O7. The van der Waals surface area contributed by atoms with Crippen LogP contribution in [0.5, 0.6) is 5.75 Å². The lowest BCUT2D eigenvalue weighted by Gasteiger charge is -2.20. The smallest absolute Gasteiger partial charge is 0.306 e. The molecule has 3 aromatic rings. The molecule has 11 heteroatoms. The molecule has 0 saturated carbocycles. The van der Waals surface area contributed by atoms with Gasteiger partial charge in [0.25, 0.3) is 5.69 Å². The number of hydrogen-bond acceptors (Lipinski definition) is 10. The predicted octanol–water partition coefficient (Wildman–Crippen LogP) is 2.58. The van der Waals surface area contributed by atoms with Crippen LogP contribution in [0.1, 0.15) is 23.4 Å². The van der Waals surface area contributed by atoms with Gasteiger partial charge in [0.05, 0.1) is 18.0 Å². The van der Waals surface area contributed by atoms with Crippen LogP contribution in [0.15, 0.2) is 41.1 Å². The molecule has 2 aromatic heterocycles. The minimum Gasteiger partial charge on any atom is -0.467 e. The van der Waals surface area contributed by atoms with Crippen molar-refractivity contribution in [1.29, 1.82) is 0 Å². The van der Waals surface area contributed by atoms with E-state index in [0.717, 1.165) is 0 Å². The maximum Gasteiger partial charge on any atom is 0.306 e. The van der Waals surface area contributed by atoms with Gasteiger partial charge in [-0.25, -0.2) is 0 Å². The van der Waals surface area contributed by atoms with Crippen molar-refractivity contribution in [2.24, 2.45) is 0 Å². The molecule has 0 bridgehead atoms. The number of esters is 1. The fourth-order valence-electron chi connectivity index (χ4n) is 2.89. The van der Waals surface area contributed by atoms with Gasteiger partial charge in [0.1, 0.15) is 18.1 Å². The Labute approximate surface area is 169 Å². The van der Waals surface area contributed by atoms with Gasteiger partial charge in [0.15, 0.2) is 6.79 Å². The number of nitro benzene ring substituents is 1. The second-order valence-electron chi connectivity index (χ2n) is 6.35. The maximum absolute atomic E-state index is 12.1. The van der Waals surface area contributed by atoms with Crippen molar-refractivity contribution in [1.82, 2.24) is 15.1 Å². The third kappa shape index (κ3) is 4.41. The van der Waals surface area contributed by atoms with Gasteiger partial charge in [-0.15, -0.1) is 0 Å². The molecule has 11 nitrogen and oxygen atoms in total. The first-order chi connectivity index (χ1) is 14.6. The van der Waals surface area contributed by atoms with Crippen LogP contribution >= 0.6 is 0 Å². The number of benzene rings is 1. The van der Waals surface area contributed by atoms with Crippen LogP contribution in [0.2, 0.25) is 0 Å². The Morgan fingerprint density at radius 2 is 2.20 bits per heavy atom. The van der Waals surface area contributed by atoms with E-state index in [1.54, 1.807) is 24.4 Å². The van der Waals surface area contributed by atoms with Crippen molar-refractivity contribution in [3.63, 3.8) is 0 Å². The highest BCUT2D eigenvalue weighted by Crippen LogP contribution is 2.33. The van der Waals surface area contributed by atoms with Crippen molar-refractivity contribution in [3.05, 3.63) is 63.7 Å². The number of carbonyl (C=O) groups excluding carboxylic acids is 1. The number of fused-ring (bicyclic) bond motifs is 1. The summed E-state index contributed by atoms with van der Waals surface area (Å²) in [7, 11) is 0. The molecule has 0 atom stereocenters. The molecule has 0 spiro atoms. The van der Waals surface area contributed by atoms with Gasteiger partial charge in [-0.3, -0.25) is 19.9 Å². The summed E-state index contributed by atoms with van der Waals surface area (Å²) in [5.41, 5.74) is 1.39. The zero-order chi connectivity index (χ0) is 20.9. The molecule has 0 fully saturated rings. The summed E-state index contributed by atoms with van der Waals surface area (Å²) in [6.45, 7) is 0.0567. The number of nitro groups is 1. The lowest BCUT2D eigenvalue weighted by atomic mass is 10.1. The van der Waals surface area contributed by atoms with Crippen LogP contribution in [-0.4, -0.2) is 32.8 Å². The van der Waals surface area contributed by atoms with Crippen LogP contribution in [-0.2, 0) is 33.9 Å². The van der Waals surface area contributed by atoms with E-state index in [1.165, 1.54) is 12.1 Å². The first kappa shape index (κ1) is 19.5. The van der Waals surface area contributed by atoms with E-state index in [2.05, 4.69) is 15.1 Å². The standard InChI is InChI=1S/C19H16N4O7/c24-17(5-4-16-21-19(22-30-16)15-3-1-2-6-20-15)28-10-13-8-14(23(25)26)7-12-9-27-11-29-18(12)13/h1-3,6-8H,4-5,9-11H2. The van der Waals surface area contributed by atoms with Gasteiger partial charge in [0.2, 0.25) is 11.7 Å². The lowest BCUT2D eigenvalue weighted by molar-refractivity contribution is -0.385. The van der Waals surface area contributed by atoms with E-state index in [-0.39, 0.29) is 44.4 Å². The number of nitrogens with zero attached hydrogens (tertiary/aromatic N) is 4. The molecule has 0 amide bonds. The lowest BCUT2D eigenvalue weighted by Crippen LogP contribution is -2.15. The highest BCUT2D eigenvalue weighted by atomic mass is 16.7. The second kappa shape index (κ2) is 8.66. The monoisotopic (exact) mass is 412 g/mol. The Balaban J connectivity index is 1.36. The highest BCUT2D eigenvalue weighted by Gasteiger charge is 2.22. The first-order valence-electron chi connectivity index (χ1n) is 9.00. The normalized spacial score (nSPS) is 12.7. The predicted molar refractivity (Wildman–Crippen MR) is 99.0 cm³/mol. The molecule has 30 heavy (non-hydrogen) atoms. The van der Waals surface area contributed by atoms with E-state index in [0.29, 0.717) is 28.4 Å². The van der Waals surface area contributed by atoms with Crippen molar-refractivity contribution >= 4 is 11.7 Å². The molecule has 154 valence electrons. The maximum atomic E-state index is 12.1. The van der Waals surface area contributed by atoms with E-state index in [4.69, 9.17) is 18.7 Å². The highest BCUT2D eigenvalue weighted by molar-refractivity contribution is 5.69. The van der Waals surface area contributed by atoms with Crippen LogP contribution in [0.3, 0.4) is 0 Å². The third-order valence-electron chi connectivity index (χ3n) is 4.28. The molecule has 4 rings (SSSR count). The number of hydrogen-bond donors (Lipinski definition) is 0. The van der Waals surface area contributed by atoms with E-state index >= 15 is 0 Å². The quantitative estimate of drug-likeness (QED) is 0.323. The molecule has 0 aliphatic carbocycles. The SMILES string of the molecule is O=C(CCc1nc(-c2ccccn2)no1)OCc1cc([N+](=O)[O-])cc2c1OCOC2. The molecule has 0 unspecified atom stereocenters. The Bertz CT molecular complexity index is 1070. The Morgan fingerprint density at radius 3 is 3.00 bits per heavy atom. The molecule has 3 heterocycles. The number of ether oxygens (including phenoxy) is 3. The summed E-state index contributed by atoms with van der Waals surface area (Å²) < 4.78 is 21.0. The Hall–Kier alpha value is -3.86. The number of aryl methyl sites for hydroxylation is 1. The zero-order valence-electron chi connectivity index (χ0n) is 15.6. The van der Waals surface area contributed by atoms with Crippen LogP contribution in [0, 0.1) is 10.1 Å². The van der Waals surface area contributed by atoms with Gasteiger partial charge < -0.3 is 18.7 Å². The number of rotatable bonds is 7. The second-order valence-corrected chi connectivity index (χ2v) is 6.35. The fourth-order valence-corrected chi connectivity index (χ4v) is 2.89.